The number of fused-ring (bicyclic) bond motifs is 1. The highest BCUT2D eigenvalue weighted by molar-refractivity contribution is 5.95. The summed E-state index contributed by atoms with van der Waals surface area (Å²) in [6, 6.07) is 5.38. The van der Waals surface area contributed by atoms with Gasteiger partial charge in [-0.2, -0.15) is 4.98 Å². The maximum absolute atomic E-state index is 11.5. The molecule has 2 heterocycles. The molecule has 0 aliphatic heterocycles. The van der Waals surface area contributed by atoms with Crippen LogP contribution >= 0.6 is 0 Å². The molecule has 0 aliphatic carbocycles. The lowest BCUT2D eigenvalue weighted by Gasteiger charge is -2.07. The van der Waals surface area contributed by atoms with Crippen LogP contribution in [-0.2, 0) is 4.74 Å². The smallest absolute Gasteiger partial charge is 0.343 e. The number of nitrogens with zero attached hydrogens (tertiary/aromatic N) is 2. The molecule has 0 spiro atoms. The number of rotatable bonds is 2. The zero-order chi connectivity index (χ0) is 12.4. The van der Waals surface area contributed by atoms with Crippen molar-refractivity contribution in [3.05, 3.63) is 29.5 Å². The Morgan fingerprint density at radius 1 is 1.24 bits per heavy atom. The Labute approximate surface area is 98.4 Å². The average molecular weight is 232 g/mol. The molecule has 88 valence electrons. The number of aryl methyl sites for hydroxylation is 1. The third-order valence-electron chi connectivity index (χ3n) is 2.38. The molecular formula is C12H12N2O3. The number of methoxy groups -OCH3 is 2. The van der Waals surface area contributed by atoms with E-state index in [1.807, 2.05) is 19.1 Å². The molecule has 0 atom stereocenters. The standard InChI is InChI=1S/C12H12N2O3/c1-7-4-5-8-6-9(12(15)17-3)11(16-2)14-10(8)13-7/h4-6H,1-3H3. The van der Waals surface area contributed by atoms with Gasteiger partial charge in [-0.3, -0.25) is 0 Å². The molecule has 0 bridgehead atoms. The van der Waals surface area contributed by atoms with Gasteiger partial charge in [0.2, 0.25) is 5.88 Å². The van der Waals surface area contributed by atoms with Gasteiger partial charge in [-0.15, -0.1) is 0 Å². The minimum atomic E-state index is -0.475. The first-order valence-corrected chi connectivity index (χ1v) is 5.06. The summed E-state index contributed by atoms with van der Waals surface area (Å²) in [6.07, 6.45) is 0. The largest absolute Gasteiger partial charge is 0.480 e. The van der Waals surface area contributed by atoms with Gasteiger partial charge in [0.05, 0.1) is 14.2 Å². The fourth-order valence-corrected chi connectivity index (χ4v) is 1.54. The van der Waals surface area contributed by atoms with Crippen LogP contribution in [0.1, 0.15) is 16.1 Å². The Bertz CT molecular complexity index is 581. The predicted octanol–water partition coefficient (Wildman–Crippen LogP) is 1.73. The van der Waals surface area contributed by atoms with E-state index in [-0.39, 0.29) is 5.88 Å². The predicted molar refractivity (Wildman–Crippen MR) is 62.2 cm³/mol. The minimum Gasteiger partial charge on any atom is -0.480 e. The summed E-state index contributed by atoms with van der Waals surface area (Å²) in [5.41, 5.74) is 1.71. The summed E-state index contributed by atoms with van der Waals surface area (Å²) < 4.78 is 9.74. The first-order valence-electron chi connectivity index (χ1n) is 5.06. The maximum Gasteiger partial charge on any atom is 0.343 e. The zero-order valence-electron chi connectivity index (χ0n) is 9.85. The maximum atomic E-state index is 11.5. The number of carbonyl (C=O) groups is 1. The lowest BCUT2D eigenvalue weighted by atomic mass is 10.2. The van der Waals surface area contributed by atoms with Crippen LogP contribution in [0.3, 0.4) is 0 Å². The van der Waals surface area contributed by atoms with E-state index in [9.17, 15) is 4.79 Å². The van der Waals surface area contributed by atoms with E-state index in [1.54, 1.807) is 6.07 Å². The Morgan fingerprint density at radius 2 is 2.00 bits per heavy atom. The van der Waals surface area contributed by atoms with Gasteiger partial charge in [-0.05, 0) is 25.1 Å². The highest BCUT2D eigenvalue weighted by atomic mass is 16.5. The zero-order valence-corrected chi connectivity index (χ0v) is 9.85. The quantitative estimate of drug-likeness (QED) is 0.738. The Kier molecular flexibility index (Phi) is 2.91. The molecule has 0 radical (unpaired) electrons. The molecule has 5 nitrogen and oxygen atoms in total. The fraction of sp³-hybridized carbons (Fsp3) is 0.250. The number of esters is 1. The summed E-state index contributed by atoms with van der Waals surface area (Å²) in [7, 11) is 2.77. The van der Waals surface area contributed by atoms with Crippen molar-refractivity contribution < 1.29 is 14.3 Å². The summed E-state index contributed by atoms with van der Waals surface area (Å²) in [5.74, 6) is -0.251. The molecule has 0 unspecified atom stereocenters. The van der Waals surface area contributed by atoms with E-state index in [0.29, 0.717) is 11.2 Å². The highest BCUT2D eigenvalue weighted by Crippen LogP contribution is 2.21. The lowest BCUT2D eigenvalue weighted by molar-refractivity contribution is 0.0596. The van der Waals surface area contributed by atoms with Crippen LogP contribution in [-0.4, -0.2) is 30.2 Å². The molecule has 0 saturated carbocycles. The van der Waals surface area contributed by atoms with Crippen molar-refractivity contribution >= 4 is 17.0 Å². The normalized spacial score (nSPS) is 10.3. The molecule has 17 heavy (non-hydrogen) atoms. The van der Waals surface area contributed by atoms with Crippen molar-refractivity contribution in [3.8, 4) is 5.88 Å². The average Bonchev–Trinajstić information content (AvgIpc) is 2.36. The topological polar surface area (TPSA) is 61.3 Å². The van der Waals surface area contributed by atoms with Crippen LogP contribution in [0.2, 0.25) is 0 Å². The van der Waals surface area contributed by atoms with Gasteiger partial charge >= 0.3 is 5.97 Å². The lowest BCUT2D eigenvalue weighted by Crippen LogP contribution is -2.06. The Morgan fingerprint density at radius 3 is 2.65 bits per heavy atom. The summed E-state index contributed by atoms with van der Waals surface area (Å²) >= 11 is 0. The van der Waals surface area contributed by atoms with Crippen molar-refractivity contribution in [2.45, 2.75) is 6.92 Å². The first-order chi connectivity index (χ1) is 8.15. The van der Waals surface area contributed by atoms with Crippen molar-refractivity contribution in [1.82, 2.24) is 9.97 Å². The Balaban J connectivity index is 2.68. The monoisotopic (exact) mass is 232 g/mol. The van der Waals surface area contributed by atoms with Gasteiger partial charge in [-0.25, -0.2) is 9.78 Å². The first kappa shape index (κ1) is 11.3. The number of hydrogen-bond acceptors (Lipinski definition) is 5. The van der Waals surface area contributed by atoms with E-state index >= 15 is 0 Å². The molecule has 0 saturated heterocycles. The third-order valence-corrected chi connectivity index (χ3v) is 2.38. The molecular weight excluding hydrogens is 220 g/mol. The summed E-state index contributed by atoms with van der Waals surface area (Å²) in [6.45, 7) is 1.88. The highest BCUT2D eigenvalue weighted by Gasteiger charge is 2.15. The van der Waals surface area contributed by atoms with E-state index in [0.717, 1.165) is 11.1 Å². The molecule has 0 aliphatic rings. The van der Waals surface area contributed by atoms with Crippen LogP contribution < -0.4 is 4.74 Å². The second kappa shape index (κ2) is 4.37. The number of carbonyl (C=O) groups excluding carboxylic acids is 1. The van der Waals surface area contributed by atoms with Gasteiger partial charge in [0.15, 0.2) is 5.65 Å². The second-order valence-corrected chi connectivity index (χ2v) is 3.54. The van der Waals surface area contributed by atoms with Crippen LogP contribution in [0.5, 0.6) is 5.88 Å². The Hall–Kier alpha value is -2.17. The van der Waals surface area contributed by atoms with Crippen molar-refractivity contribution in [3.63, 3.8) is 0 Å². The molecule has 2 rings (SSSR count). The van der Waals surface area contributed by atoms with Crippen molar-refractivity contribution in [1.29, 1.82) is 0 Å². The molecule has 2 aromatic heterocycles. The molecule has 0 amide bonds. The van der Waals surface area contributed by atoms with Gasteiger partial charge < -0.3 is 9.47 Å². The number of ether oxygens (including phenoxy) is 2. The van der Waals surface area contributed by atoms with Crippen LogP contribution in [0.4, 0.5) is 0 Å². The van der Waals surface area contributed by atoms with Gasteiger partial charge in [0.1, 0.15) is 5.56 Å². The molecule has 0 N–H and O–H groups in total. The molecule has 2 aromatic rings. The second-order valence-electron chi connectivity index (χ2n) is 3.54. The van der Waals surface area contributed by atoms with Crippen LogP contribution in [0.15, 0.2) is 18.2 Å². The molecule has 0 aromatic carbocycles. The van der Waals surface area contributed by atoms with Crippen molar-refractivity contribution in [2.75, 3.05) is 14.2 Å². The molecule has 0 fully saturated rings. The van der Waals surface area contributed by atoms with Crippen molar-refractivity contribution in [2.24, 2.45) is 0 Å². The number of hydrogen-bond donors (Lipinski definition) is 0. The SMILES string of the molecule is COC(=O)c1cc2ccc(C)nc2nc1OC. The fourth-order valence-electron chi connectivity index (χ4n) is 1.54. The van der Waals surface area contributed by atoms with E-state index in [2.05, 4.69) is 14.7 Å². The third kappa shape index (κ3) is 2.04. The number of pyridine rings is 2. The number of aromatic nitrogens is 2. The summed E-state index contributed by atoms with van der Waals surface area (Å²) in [4.78, 5) is 20.0. The van der Waals surface area contributed by atoms with Gasteiger partial charge in [0, 0.05) is 11.1 Å². The minimum absolute atomic E-state index is 0.224. The summed E-state index contributed by atoms with van der Waals surface area (Å²) in [5, 5.41) is 0.775. The van der Waals surface area contributed by atoms with Gasteiger partial charge in [-0.1, -0.05) is 0 Å². The van der Waals surface area contributed by atoms with Crippen LogP contribution in [0, 0.1) is 6.92 Å². The van der Waals surface area contributed by atoms with E-state index in [1.165, 1.54) is 14.2 Å². The van der Waals surface area contributed by atoms with Crippen LogP contribution in [0.25, 0.3) is 11.0 Å². The molecule has 5 heteroatoms. The van der Waals surface area contributed by atoms with E-state index in [4.69, 9.17) is 4.74 Å². The van der Waals surface area contributed by atoms with Gasteiger partial charge in [0.25, 0.3) is 0 Å². The van der Waals surface area contributed by atoms with E-state index < -0.39 is 5.97 Å².